The molecule has 0 amide bonds. The minimum absolute atomic E-state index is 0.789. The van der Waals surface area contributed by atoms with Gasteiger partial charge in [0.15, 0.2) is 0 Å². The molecule has 0 aromatic carbocycles. The van der Waals surface area contributed by atoms with Crippen molar-refractivity contribution in [2.75, 3.05) is 32.8 Å². The van der Waals surface area contributed by atoms with Crippen molar-refractivity contribution in [2.24, 2.45) is 17.8 Å². The number of hydrogen-bond acceptors (Lipinski definition) is 2. The van der Waals surface area contributed by atoms with Crippen molar-refractivity contribution >= 4 is 0 Å². The van der Waals surface area contributed by atoms with Crippen molar-refractivity contribution < 1.29 is 4.74 Å². The van der Waals surface area contributed by atoms with Gasteiger partial charge in [-0.3, -0.25) is 0 Å². The Balaban J connectivity index is 1.74. The van der Waals surface area contributed by atoms with Gasteiger partial charge in [-0.1, -0.05) is 26.2 Å². The predicted molar refractivity (Wildman–Crippen MR) is 76.8 cm³/mol. The van der Waals surface area contributed by atoms with Gasteiger partial charge < -0.3 is 9.64 Å². The molecule has 0 N–H and O–H groups in total. The molecule has 2 heteroatoms. The van der Waals surface area contributed by atoms with Crippen molar-refractivity contribution in [2.45, 2.75) is 52.4 Å². The van der Waals surface area contributed by atoms with Crippen LogP contribution in [0.25, 0.3) is 0 Å². The molecule has 1 aliphatic heterocycles. The van der Waals surface area contributed by atoms with Gasteiger partial charge in [0.1, 0.15) is 0 Å². The molecular weight excluding hydrogens is 222 g/mol. The fourth-order valence-corrected chi connectivity index (χ4v) is 3.73. The van der Waals surface area contributed by atoms with Crippen LogP contribution in [0.5, 0.6) is 0 Å². The molecule has 1 saturated heterocycles. The first-order chi connectivity index (χ1) is 8.79. The van der Waals surface area contributed by atoms with E-state index in [1.54, 1.807) is 0 Å². The van der Waals surface area contributed by atoms with Crippen LogP contribution in [0.4, 0.5) is 0 Å². The van der Waals surface area contributed by atoms with Gasteiger partial charge in [0, 0.05) is 19.7 Å². The molecule has 0 spiro atoms. The molecule has 2 fully saturated rings. The Morgan fingerprint density at radius 3 is 2.72 bits per heavy atom. The first kappa shape index (κ1) is 14.3. The Hall–Kier alpha value is -0.0800. The monoisotopic (exact) mass is 253 g/mol. The quantitative estimate of drug-likeness (QED) is 0.743. The molecule has 2 nitrogen and oxygen atoms in total. The first-order valence-electron chi connectivity index (χ1n) is 8.09. The lowest BCUT2D eigenvalue weighted by molar-refractivity contribution is 0.0540. The highest BCUT2D eigenvalue weighted by Crippen LogP contribution is 2.31. The van der Waals surface area contributed by atoms with E-state index in [2.05, 4.69) is 18.7 Å². The SMILES string of the molecule is CCOCC1CCCN(C[C@@H]2CCCCC2C)C1. The summed E-state index contributed by atoms with van der Waals surface area (Å²) in [6, 6.07) is 0. The lowest BCUT2D eigenvalue weighted by Gasteiger charge is -2.38. The van der Waals surface area contributed by atoms with E-state index >= 15 is 0 Å². The van der Waals surface area contributed by atoms with Gasteiger partial charge in [0.2, 0.25) is 0 Å². The Morgan fingerprint density at radius 1 is 1.11 bits per heavy atom. The second-order valence-electron chi connectivity index (χ2n) is 6.45. The van der Waals surface area contributed by atoms with E-state index in [1.807, 2.05) is 0 Å². The summed E-state index contributed by atoms with van der Waals surface area (Å²) in [5, 5.41) is 0. The van der Waals surface area contributed by atoms with E-state index in [0.717, 1.165) is 31.0 Å². The number of rotatable bonds is 5. The van der Waals surface area contributed by atoms with Crippen molar-refractivity contribution in [1.82, 2.24) is 4.90 Å². The zero-order valence-corrected chi connectivity index (χ0v) is 12.4. The fourth-order valence-electron chi connectivity index (χ4n) is 3.73. The van der Waals surface area contributed by atoms with Crippen molar-refractivity contribution in [3.63, 3.8) is 0 Å². The molecule has 3 atom stereocenters. The van der Waals surface area contributed by atoms with Crippen molar-refractivity contribution in [3.05, 3.63) is 0 Å². The number of piperidine rings is 1. The van der Waals surface area contributed by atoms with Gasteiger partial charge in [-0.15, -0.1) is 0 Å². The summed E-state index contributed by atoms with van der Waals surface area (Å²) in [5.41, 5.74) is 0. The Kier molecular flexibility index (Phi) is 5.97. The highest BCUT2D eigenvalue weighted by atomic mass is 16.5. The zero-order valence-electron chi connectivity index (χ0n) is 12.4. The zero-order chi connectivity index (χ0) is 12.8. The number of ether oxygens (including phenoxy) is 1. The molecule has 1 aliphatic carbocycles. The van der Waals surface area contributed by atoms with Gasteiger partial charge in [0.25, 0.3) is 0 Å². The minimum atomic E-state index is 0.789. The lowest BCUT2D eigenvalue weighted by atomic mass is 9.80. The molecule has 0 aromatic rings. The third-order valence-electron chi connectivity index (χ3n) is 4.94. The average molecular weight is 253 g/mol. The smallest absolute Gasteiger partial charge is 0.0506 e. The van der Waals surface area contributed by atoms with Gasteiger partial charge in [0.05, 0.1) is 6.61 Å². The largest absolute Gasteiger partial charge is 0.381 e. The van der Waals surface area contributed by atoms with Crippen LogP contribution in [-0.4, -0.2) is 37.7 Å². The molecule has 0 radical (unpaired) electrons. The standard InChI is InChI=1S/C16H31NO/c1-3-18-13-15-8-6-10-17(11-15)12-16-9-5-4-7-14(16)2/h14-16H,3-13H2,1-2H3/t14?,15?,16-/m0/s1. The lowest BCUT2D eigenvalue weighted by Crippen LogP contribution is -2.41. The second kappa shape index (κ2) is 7.49. The van der Waals surface area contributed by atoms with E-state index < -0.39 is 0 Å². The van der Waals surface area contributed by atoms with Crippen LogP contribution in [-0.2, 0) is 4.74 Å². The summed E-state index contributed by atoms with van der Waals surface area (Å²) in [5.74, 6) is 2.70. The topological polar surface area (TPSA) is 12.5 Å². The van der Waals surface area contributed by atoms with E-state index in [-0.39, 0.29) is 0 Å². The van der Waals surface area contributed by atoms with Crippen LogP contribution in [0.15, 0.2) is 0 Å². The summed E-state index contributed by atoms with van der Waals surface area (Å²) < 4.78 is 5.61. The van der Waals surface area contributed by atoms with Gasteiger partial charge in [-0.05, 0) is 50.5 Å². The third-order valence-corrected chi connectivity index (χ3v) is 4.94. The summed E-state index contributed by atoms with van der Waals surface area (Å²) in [4.78, 5) is 2.72. The maximum atomic E-state index is 5.61. The number of likely N-dealkylation sites (tertiary alicyclic amines) is 1. The number of hydrogen-bond donors (Lipinski definition) is 0. The molecule has 18 heavy (non-hydrogen) atoms. The van der Waals surface area contributed by atoms with E-state index in [1.165, 1.54) is 58.2 Å². The second-order valence-corrected chi connectivity index (χ2v) is 6.45. The van der Waals surface area contributed by atoms with E-state index in [4.69, 9.17) is 4.74 Å². The fraction of sp³-hybridized carbons (Fsp3) is 1.00. The molecule has 2 rings (SSSR count). The normalized spacial score (nSPS) is 34.7. The van der Waals surface area contributed by atoms with Crippen LogP contribution < -0.4 is 0 Å². The highest BCUT2D eigenvalue weighted by Gasteiger charge is 2.26. The Bertz CT molecular complexity index is 231. The summed E-state index contributed by atoms with van der Waals surface area (Å²) in [7, 11) is 0. The maximum absolute atomic E-state index is 5.61. The summed E-state index contributed by atoms with van der Waals surface area (Å²) >= 11 is 0. The molecule has 0 aromatic heterocycles. The highest BCUT2D eigenvalue weighted by molar-refractivity contribution is 4.79. The van der Waals surface area contributed by atoms with Crippen molar-refractivity contribution in [1.29, 1.82) is 0 Å². The Labute approximate surface area is 113 Å². The third kappa shape index (κ3) is 4.24. The van der Waals surface area contributed by atoms with Crippen LogP contribution in [0.3, 0.4) is 0 Å². The van der Waals surface area contributed by atoms with Gasteiger partial charge >= 0.3 is 0 Å². The molecule has 2 unspecified atom stereocenters. The van der Waals surface area contributed by atoms with Crippen molar-refractivity contribution in [3.8, 4) is 0 Å². The molecule has 106 valence electrons. The summed E-state index contributed by atoms with van der Waals surface area (Å²) in [6.07, 6.45) is 8.60. The molecule has 0 bridgehead atoms. The van der Waals surface area contributed by atoms with Gasteiger partial charge in [-0.25, -0.2) is 0 Å². The molecule has 2 aliphatic rings. The molecular formula is C16H31NO. The molecule has 1 heterocycles. The Morgan fingerprint density at radius 2 is 1.94 bits per heavy atom. The van der Waals surface area contributed by atoms with Crippen LogP contribution in [0.1, 0.15) is 52.4 Å². The van der Waals surface area contributed by atoms with Crippen LogP contribution in [0, 0.1) is 17.8 Å². The minimum Gasteiger partial charge on any atom is -0.381 e. The molecule has 1 saturated carbocycles. The average Bonchev–Trinajstić information content (AvgIpc) is 2.40. The van der Waals surface area contributed by atoms with E-state index in [9.17, 15) is 0 Å². The predicted octanol–water partition coefficient (Wildman–Crippen LogP) is 3.56. The maximum Gasteiger partial charge on any atom is 0.0506 e. The van der Waals surface area contributed by atoms with Gasteiger partial charge in [-0.2, -0.15) is 0 Å². The van der Waals surface area contributed by atoms with E-state index in [0.29, 0.717) is 0 Å². The van der Waals surface area contributed by atoms with Crippen LogP contribution in [0.2, 0.25) is 0 Å². The first-order valence-corrected chi connectivity index (χ1v) is 8.09. The van der Waals surface area contributed by atoms with Crippen LogP contribution >= 0.6 is 0 Å². The number of nitrogens with zero attached hydrogens (tertiary/aromatic N) is 1. The summed E-state index contributed by atoms with van der Waals surface area (Å²) in [6.45, 7) is 10.4.